The number of hydrogen-bond acceptors (Lipinski definition) is 5. The zero-order valence-electron chi connectivity index (χ0n) is 17.5. The van der Waals surface area contributed by atoms with Gasteiger partial charge in [-0.05, 0) is 78.5 Å². The molecule has 0 radical (unpaired) electrons. The Morgan fingerprint density at radius 2 is 1.93 bits per heavy atom. The number of hydrogen-bond donors (Lipinski definition) is 0. The van der Waals surface area contributed by atoms with Gasteiger partial charge in [-0.15, -0.1) is 0 Å². The number of anilines is 1. The number of amides is 1. The third-order valence-electron chi connectivity index (χ3n) is 4.47. The average molecular weight is 506 g/mol. The first-order valence-electron chi connectivity index (χ1n) is 9.80. The van der Waals surface area contributed by atoms with E-state index in [4.69, 9.17) is 21.7 Å². The van der Waals surface area contributed by atoms with Gasteiger partial charge in [-0.2, -0.15) is 0 Å². The van der Waals surface area contributed by atoms with Crippen LogP contribution in [-0.4, -0.2) is 23.4 Å². The molecule has 4 nitrogen and oxygen atoms in total. The van der Waals surface area contributed by atoms with Crippen LogP contribution >= 0.6 is 39.9 Å². The first kappa shape index (κ1) is 22.8. The van der Waals surface area contributed by atoms with Crippen LogP contribution in [0.4, 0.5) is 5.69 Å². The summed E-state index contributed by atoms with van der Waals surface area (Å²) in [5.41, 5.74) is 3.84. The van der Waals surface area contributed by atoms with Crippen LogP contribution < -0.4 is 14.4 Å². The highest BCUT2D eigenvalue weighted by atomic mass is 79.9. The van der Waals surface area contributed by atoms with E-state index >= 15 is 0 Å². The number of ether oxygens (including phenoxy) is 2. The molecule has 0 spiro atoms. The van der Waals surface area contributed by atoms with E-state index in [9.17, 15) is 4.79 Å². The molecule has 0 bridgehead atoms. The summed E-state index contributed by atoms with van der Waals surface area (Å²) in [7, 11) is 0. The van der Waals surface area contributed by atoms with Crippen LogP contribution in [0.3, 0.4) is 0 Å². The number of halogens is 1. The third kappa shape index (κ3) is 4.90. The molecule has 1 heterocycles. The van der Waals surface area contributed by atoms with Crippen LogP contribution in [0.5, 0.6) is 11.5 Å². The Bertz CT molecular complexity index is 1020. The van der Waals surface area contributed by atoms with Gasteiger partial charge in [-0.3, -0.25) is 9.69 Å². The number of rotatable bonds is 7. The maximum absolute atomic E-state index is 13.1. The van der Waals surface area contributed by atoms with Gasteiger partial charge in [0.05, 0.1) is 28.3 Å². The summed E-state index contributed by atoms with van der Waals surface area (Å²) in [5.74, 6) is 1.22. The zero-order valence-corrected chi connectivity index (χ0v) is 20.7. The van der Waals surface area contributed by atoms with Crippen LogP contribution in [0.2, 0.25) is 0 Å². The molecule has 2 aromatic carbocycles. The minimum atomic E-state index is -0.114. The molecule has 1 aliphatic heterocycles. The molecule has 0 saturated carbocycles. The van der Waals surface area contributed by atoms with E-state index in [1.54, 1.807) is 4.90 Å². The van der Waals surface area contributed by atoms with Gasteiger partial charge in [0.25, 0.3) is 5.91 Å². The van der Waals surface area contributed by atoms with Gasteiger partial charge < -0.3 is 9.47 Å². The average Bonchev–Trinajstić information content (AvgIpc) is 2.95. The second kappa shape index (κ2) is 9.98. The maximum atomic E-state index is 13.1. The molecule has 0 aliphatic carbocycles. The minimum absolute atomic E-state index is 0.114. The van der Waals surface area contributed by atoms with Gasteiger partial charge >= 0.3 is 0 Å². The smallest absolute Gasteiger partial charge is 0.270 e. The number of carbonyl (C=O) groups is 1. The SMILES string of the molecule is CCCOc1c(Br)cc(/C=C2/SC(=S)N(c3ccc(C)cc3C)C2=O)cc1OCC. The highest BCUT2D eigenvalue weighted by Crippen LogP contribution is 2.41. The molecule has 30 heavy (non-hydrogen) atoms. The van der Waals surface area contributed by atoms with Crippen LogP contribution in [0, 0.1) is 13.8 Å². The largest absolute Gasteiger partial charge is 0.490 e. The molecule has 0 atom stereocenters. The van der Waals surface area contributed by atoms with Crippen molar-refractivity contribution in [3.63, 3.8) is 0 Å². The third-order valence-corrected chi connectivity index (χ3v) is 6.36. The topological polar surface area (TPSA) is 38.8 Å². The summed E-state index contributed by atoms with van der Waals surface area (Å²) < 4.78 is 12.9. The van der Waals surface area contributed by atoms with Crippen molar-refractivity contribution in [2.75, 3.05) is 18.1 Å². The van der Waals surface area contributed by atoms with E-state index in [2.05, 4.69) is 28.9 Å². The molecule has 1 amide bonds. The Morgan fingerprint density at radius 3 is 2.60 bits per heavy atom. The lowest BCUT2D eigenvalue weighted by atomic mass is 10.1. The number of benzene rings is 2. The fourth-order valence-corrected chi connectivity index (χ4v) is 5.02. The molecule has 7 heteroatoms. The fourth-order valence-electron chi connectivity index (χ4n) is 3.16. The molecule has 1 aliphatic rings. The van der Waals surface area contributed by atoms with E-state index in [0.29, 0.717) is 33.9 Å². The number of aryl methyl sites for hydroxylation is 2. The summed E-state index contributed by atoms with van der Waals surface area (Å²) in [6.07, 6.45) is 2.75. The first-order chi connectivity index (χ1) is 14.3. The molecule has 158 valence electrons. The molecule has 0 unspecified atom stereocenters. The summed E-state index contributed by atoms with van der Waals surface area (Å²) >= 11 is 10.4. The number of nitrogens with zero attached hydrogens (tertiary/aromatic N) is 1. The highest BCUT2D eigenvalue weighted by molar-refractivity contribution is 9.10. The van der Waals surface area contributed by atoms with Crippen molar-refractivity contribution < 1.29 is 14.3 Å². The van der Waals surface area contributed by atoms with Crippen LogP contribution in [0.15, 0.2) is 39.7 Å². The van der Waals surface area contributed by atoms with Crippen molar-refractivity contribution in [2.24, 2.45) is 0 Å². The van der Waals surface area contributed by atoms with Crippen molar-refractivity contribution in [1.29, 1.82) is 0 Å². The zero-order chi connectivity index (χ0) is 21.8. The molecule has 1 saturated heterocycles. The lowest BCUT2D eigenvalue weighted by Crippen LogP contribution is -2.28. The Balaban J connectivity index is 1.95. The fraction of sp³-hybridized carbons (Fsp3) is 0.304. The van der Waals surface area contributed by atoms with Crippen molar-refractivity contribution in [3.05, 3.63) is 56.4 Å². The maximum Gasteiger partial charge on any atom is 0.270 e. The van der Waals surface area contributed by atoms with Crippen molar-refractivity contribution in [3.8, 4) is 11.5 Å². The Hall–Kier alpha value is -1.83. The van der Waals surface area contributed by atoms with Crippen molar-refractivity contribution >= 4 is 61.9 Å². The second-order valence-corrected chi connectivity index (χ2v) is 9.45. The molecule has 2 aromatic rings. The first-order valence-corrected chi connectivity index (χ1v) is 11.8. The van der Waals surface area contributed by atoms with E-state index in [1.807, 2.05) is 51.1 Å². The molecule has 0 N–H and O–H groups in total. The number of thioether (sulfide) groups is 1. The highest BCUT2D eigenvalue weighted by Gasteiger charge is 2.34. The van der Waals surface area contributed by atoms with Gasteiger partial charge in [-0.1, -0.05) is 48.6 Å². The van der Waals surface area contributed by atoms with E-state index in [0.717, 1.165) is 33.3 Å². The molecular weight excluding hydrogens is 482 g/mol. The Kier molecular flexibility index (Phi) is 7.60. The molecule has 0 aromatic heterocycles. The number of carbonyl (C=O) groups excluding carboxylic acids is 1. The molecule has 3 rings (SSSR count). The summed E-state index contributed by atoms with van der Waals surface area (Å²) in [6, 6.07) is 9.81. The predicted molar refractivity (Wildman–Crippen MR) is 133 cm³/mol. The number of thiocarbonyl (C=S) groups is 1. The van der Waals surface area contributed by atoms with Crippen LogP contribution in [-0.2, 0) is 4.79 Å². The second-order valence-electron chi connectivity index (χ2n) is 6.92. The normalized spacial score (nSPS) is 15.2. The van der Waals surface area contributed by atoms with Crippen molar-refractivity contribution in [2.45, 2.75) is 34.1 Å². The summed E-state index contributed by atoms with van der Waals surface area (Å²) in [5, 5.41) is 0. The van der Waals surface area contributed by atoms with E-state index in [1.165, 1.54) is 11.8 Å². The standard InChI is InChI=1S/C23H24BrNO3S2/c1-5-9-28-21-17(24)11-16(12-19(21)27-6-2)13-20-22(26)25(23(29)30-20)18-8-7-14(3)10-15(18)4/h7-8,10-13H,5-6,9H2,1-4H3/b20-13+. The van der Waals surface area contributed by atoms with E-state index < -0.39 is 0 Å². The predicted octanol–water partition coefficient (Wildman–Crippen LogP) is 6.66. The van der Waals surface area contributed by atoms with E-state index in [-0.39, 0.29) is 5.91 Å². The van der Waals surface area contributed by atoms with Gasteiger partial charge in [0, 0.05) is 0 Å². The molecular formula is C23H24BrNO3S2. The Labute approximate surface area is 195 Å². The van der Waals surface area contributed by atoms with Crippen LogP contribution in [0.25, 0.3) is 6.08 Å². The van der Waals surface area contributed by atoms with Gasteiger partial charge in [-0.25, -0.2) is 0 Å². The lowest BCUT2D eigenvalue weighted by Gasteiger charge is -2.17. The van der Waals surface area contributed by atoms with Crippen LogP contribution in [0.1, 0.15) is 37.0 Å². The van der Waals surface area contributed by atoms with Gasteiger partial charge in [0.15, 0.2) is 15.8 Å². The quantitative estimate of drug-likeness (QED) is 0.310. The van der Waals surface area contributed by atoms with Gasteiger partial charge in [0.2, 0.25) is 0 Å². The van der Waals surface area contributed by atoms with Crippen molar-refractivity contribution in [1.82, 2.24) is 0 Å². The Morgan fingerprint density at radius 1 is 1.17 bits per heavy atom. The summed E-state index contributed by atoms with van der Waals surface area (Å²) in [4.78, 5) is 15.3. The lowest BCUT2D eigenvalue weighted by molar-refractivity contribution is -0.113. The molecule has 1 fully saturated rings. The minimum Gasteiger partial charge on any atom is -0.490 e. The summed E-state index contributed by atoms with van der Waals surface area (Å²) in [6.45, 7) is 9.13. The monoisotopic (exact) mass is 505 g/mol. The van der Waals surface area contributed by atoms with Gasteiger partial charge in [0.1, 0.15) is 0 Å².